The van der Waals surface area contributed by atoms with Crippen LogP contribution in [-0.4, -0.2) is 32.9 Å². The van der Waals surface area contributed by atoms with Gasteiger partial charge >= 0.3 is 0 Å². The molecule has 1 saturated heterocycles. The van der Waals surface area contributed by atoms with Gasteiger partial charge in [0.1, 0.15) is 5.65 Å². The first-order chi connectivity index (χ1) is 9.11. The number of aryl methyl sites for hydroxylation is 1. The van der Waals surface area contributed by atoms with Crippen molar-refractivity contribution in [3.8, 4) is 0 Å². The van der Waals surface area contributed by atoms with Gasteiger partial charge < -0.3 is 10.1 Å². The van der Waals surface area contributed by atoms with Crippen molar-refractivity contribution in [1.82, 2.24) is 14.3 Å². The van der Waals surface area contributed by atoms with Gasteiger partial charge in [-0.05, 0) is 38.3 Å². The molecule has 0 radical (unpaired) electrons. The Bertz CT molecular complexity index is 575. The molecule has 19 heavy (non-hydrogen) atoms. The molecule has 0 aliphatic carbocycles. The third kappa shape index (κ3) is 2.65. The van der Waals surface area contributed by atoms with Gasteiger partial charge in [0.05, 0.1) is 5.69 Å². The standard InChI is InChI=1S/C15H22N4/c1-11-3-4-15-17-14(10-19(15)8-11)9-18-6-5-13(16)7-12(18)2/h3-4,8,10,12-13H,5-7,9,16H2,1-2H3. The van der Waals surface area contributed by atoms with E-state index < -0.39 is 0 Å². The zero-order chi connectivity index (χ0) is 13.4. The fourth-order valence-electron chi connectivity index (χ4n) is 2.93. The SMILES string of the molecule is Cc1ccc2nc(CN3CCC(N)CC3C)cn2c1. The van der Waals surface area contributed by atoms with Crippen LogP contribution in [0.3, 0.4) is 0 Å². The number of likely N-dealkylation sites (tertiary alicyclic amines) is 1. The third-order valence-electron chi connectivity index (χ3n) is 4.07. The maximum absolute atomic E-state index is 6.01. The Morgan fingerprint density at radius 1 is 1.37 bits per heavy atom. The van der Waals surface area contributed by atoms with Gasteiger partial charge in [-0.2, -0.15) is 0 Å². The molecule has 0 bridgehead atoms. The molecule has 4 nitrogen and oxygen atoms in total. The largest absolute Gasteiger partial charge is 0.328 e. The molecule has 2 atom stereocenters. The summed E-state index contributed by atoms with van der Waals surface area (Å²) < 4.78 is 2.12. The number of hydrogen-bond acceptors (Lipinski definition) is 3. The van der Waals surface area contributed by atoms with Crippen LogP contribution in [0.15, 0.2) is 24.5 Å². The summed E-state index contributed by atoms with van der Waals surface area (Å²) >= 11 is 0. The normalized spacial score (nSPS) is 25.0. The number of aromatic nitrogens is 2. The first kappa shape index (κ1) is 12.6. The fraction of sp³-hybridized carbons (Fsp3) is 0.533. The molecule has 0 saturated carbocycles. The summed E-state index contributed by atoms with van der Waals surface area (Å²) in [6.07, 6.45) is 6.45. The van der Waals surface area contributed by atoms with E-state index in [2.05, 4.69) is 47.7 Å². The van der Waals surface area contributed by atoms with Gasteiger partial charge in [0.25, 0.3) is 0 Å². The van der Waals surface area contributed by atoms with Gasteiger partial charge in [-0.1, -0.05) is 6.07 Å². The van der Waals surface area contributed by atoms with Crippen molar-refractivity contribution < 1.29 is 0 Å². The van der Waals surface area contributed by atoms with E-state index >= 15 is 0 Å². The van der Waals surface area contributed by atoms with Crippen LogP contribution in [0.4, 0.5) is 0 Å². The summed E-state index contributed by atoms with van der Waals surface area (Å²) in [5, 5.41) is 0. The van der Waals surface area contributed by atoms with Gasteiger partial charge in [-0.25, -0.2) is 4.98 Å². The lowest BCUT2D eigenvalue weighted by Gasteiger charge is -2.35. The number of piperidine rings is 1. The second kappa shape index (κ2) is 4.94. The maximum atomic E-state index is 6.01. The predicted octanol–water partition coefficient (Wildman–Crippen LogP) is 1.95. The smallest absolute Gasteiger partial charge is 0.137 e. The van der Waals surface area contributed by atoms with Crippen LogP contribution in [0, 0.1) is 6.92 Å². The van der Waals surface area contributed by atoms with Crippen molar-refractivity contribution in [2.24, 2.45) is 5.73 Å². The average Bonchev–Trinajstić information content (AvgIpc) is 2.74. The minimum absolute atomic E-state index is 0.370. The molecule has 2 aromatic rings. The molecule has 1 aliphatic rings. The van der Waals surface area contributed by atoms with Crippen molar-refractivity contribution in [1.29, 1.82) is 0 Å². The zero-order valence-electron chi connectivity index (χ0n) is 11.7. The van der Waals surface area contributed by atoms with E-state index in [1.165, 1.54) is 5.56 Å². The van der Waals surface area contributed by atoms with Crippen LogP contribution in [0.1, 0.15) is 31.0 Å². The number of fused-ring (bicyclic) bond motifs is 1. The molecule has 2 N–H and O–H groups in total. The Balaban J connectivity index is 1.77. The number of nitrogens with zero attached hydrogens (tertiary/aromatic N) is 3. The molecule has 4 heteroatoms. The van der Waals surface area contributed by atoms with Gasteiger partial charge in [-0.3, -0.25) is 4.90 Å². The van der Waals surface area contributed by atoms with E-state index in [4.69, 9.17) is 10.7 Å². The summed E-state index contributed by atoms with van der Waals surface area (Å²) in [5.74, 6) is 0. The molecule has 2 aromatic heterocycles. The Morgan fingerprint density at radius 3 is 3.00 bits per heavy atom. The van der Waals surface area contributed by atoms with Crippen LogP contribution in [0.2, 0.25) is 0 Å². The Labute approximate surface area is 114 Å². The minimum Gasteiger partial charge on any atom is -0.328 e. The summed E-state index contributed by atoms with van der Waals surface area (Å²) in [7, 11) is 0. The number of imidazole rings is 1. The molecule has 0 amide bonds. The van der Waals surface area contributed by atoms with Gasteiger partial charge in [0, 0.05) is 37.6 Å². The molecular weight excluding hydrogens is 236 g/mol. The number of rotatable bonds is 2. The quantitative estimate of drug-likeness (QED) is 0.895. The van der Waals surface area contributed by atoms with E-state index in [1.54, 1.807) is 0 Å². The molecule has 1 aliphatic heterocycles. The summed E-state index contributed by atoms with van der Waals surface area (Å²) in [5.41, 5.74) is 9.45. The van der Waals surface area contributed by atoms with Crippen molar-refractivity contribution in [2.75, 3.05) is 6.54 Å². The number of nitrogens with two attached hydrogens (primary N) is 1. The van der Waals surface area contributed by atoms with Gasteiger partial charge in [0.2, 0.25) is 0 Å². The van der Waals surface area contributed by atoms with Crippen LogP contribution in [-0.2, 0) is 6.54 Å². The highest BCUT2D eigenvalue weighted by Crippen LogP contribution is 2.18. The highest BCUT2D eigenvalue weighted by atomic mass is 15.2. The number of hydrogen-bond donors (Lipinski definition) is 1. The number of pyridine rings is 1. The molecule has 3 heterocycles. The summed E-state index contributed by atoms with van der Waals surface area (Å²) in [4.78, 5) is 7.18. The van der Waals surface area contributed by atoms with E-state index in [9.17, 15) is 0 Å². The highest BCUT2D eigenvalue weighted by molar-refractivity contribution is 5.41. The van der Waals surface area contributed by atoms with Gasteiger partial charge in [0.15, 0.2) is 0 Å². The van der Waals surface area contributed by atoms with E-state index in [-0.39, 0.29) is 0 Å². The highest BCUT2D eigenvalue weighted by Gasteiger charge is 2.23. The lowest BCUT2D eigenvalue weighted by Crippen LogP contribution is -2.45. The van der Waals surface area contributed by atoms with Crippen molar-refractivity contribution in [3.63, 3.8) is 0 Å². The monoisotopic (exact) mass is 258 g/mol. The summed E-state index contributed by atoms with van der Waals surface area (Å²) in [6.45, 7) is 6.37. The molecule has 1 fully saturated rings. The molecule has 0 aromatic carbocycles. The van der Waals surface area contributed by atoms with E-state index in [1.807, 2.05) is 0 Å². The first-order valence-corrected chi connectivity index (χ1v) is 7.05. The maximum Gasteiger partial charge on any atom is 0.137 e. The zero-order valence-corrected chi connectivity index (χ0v) is 11.7. The fourth-order valence-corrected chi connectivity index (χ4v) is 2.93. The molecule has 2 unspecified atom stereocenters. The first-order valence-electron chi connectivity index (χ1n) is 7.05. The third-order valence-corrected chi connectivity index (χ3v) is 4.07. The second-order valence-corrected chi connectivity index (χ2v) is 5.81. The van der Waals surface area contributed by atoms with Crippen LogP contribution in [0.5, 0.6) is 0 Å². The lowest BCUT2D eigenvalue weighted by molar-refractivity contribution is 0.138. The van der Waals surface area contributed by atoms with E-state index in [0.717, 1.165) is 37.3 Å². The van der Waals surface area contributed by atoms with Gasteiger partial charge in [-0.15, -0.1) is 0 Å². The Kier molecular flexibility index (Phi) is 3.29. The van der Waals surface area contributed by atoms with Crippen LogP contribution < -0.4 is 5.73 Å². The average molecular weight is 258 g/mol. The molecule has 0 spiro atoms. The van der Waals surface area contributed by atoms with E-state index in [0.29, 0.717) is 12.1 Å². The predicted molar refractivity (Wildman–Crippen MR) is 77.0 cm³/mol. The molecule has 102 valence electrons. The molecular formula is C15H22N4. The topological polar surface area (TPSA) is 46.6 Å². The molecule has 3 rings (SSSR count). The van der Waals surface area contributed by atoms with Crippen molar-refractivity contribution >= 4 is 5.65 Å². The van der Waals surface area contributed by atoms with Crippen molar-refractivity contribution in [2.45, 2.75) is 45.3 Å². The van der Waals surface area contributed by atoms with Crippen molar-refractivity contribution in [3.05, 3.63) is 35.8 Å². The Hall–Kier alpha value is -1.39. The Morgan fingerprint density at radius 2 is 2.21 bits per heavy atom. The second-order valence-electron chi connectivity index (χ2n) is 5.81. The van der Waals surface area contributed by atoms with Crippen LogP contribution in [0.25, 0.3) is 5.65 Å². The minimum atomic E-state index is 0.370. The lowest BCUT2D eigenvalue weighted by atomic mass is 9.99. The summed E-state index contributed by atoms with van der Waals surface area (Å²) in [6, 6.07) is 5.11. The van der Waals surface area contributed by atoms with Crippen LogP contribution >= 0.6 is 0 Å².